The maximum absolute atomic E-state index is 13.2. The predicted octanol–water partition coefficient (Wildman–Crippen LogP) is 6.22. The van der Waals surface area contributed by atoms with Gasteiger partial charge in [-0.05, 0) is 53.9 Å². The van der Waals surface area contributed by atoms with E-state index in [1.807, 2.05) is 18.0 Å². The van der Waals surface area contributed by atoms with Crippen LogP contribution >= 0.6 is 11.9 Å². The molecule has 4 nitrogen and oxygen atoms in total. The number of alkyl halides is 3. The molecule has 8 heteroatoms. The molecular formula is C29H32F3N3OS. The van der Waals surface area contributed by atoms with Crippen molar-refractivity contribution in [1.29, 1.82) is 0 Å². The summed E-state index contributed by atoms with van der Waals surface area (Å²) in [4.78, 5) is 4.74. The van der Waals surface area contributed by atoms with Crippen molar-refractivity contribution in [3.8, 4) is 11.1 Å². The summed E-state index contributed by atoms with van der Waals surface area (Å²) in [7, 11) is 0. The van der Waals surface area contributed by atoms with Crippen LogP contribution in [-0.2, 0) is 17.3 Å². The number of ether oxygens (including phenoxy) is 1. The molecule has 0 amide bonds. The van der Waals surface area contributed by atoms with Crippen LogP contribution in [0.3, 0.4) is 0 Å². The molecule has 0 atom stereocenters. The second-order valence-electron chi connectivity index (χ2n) is 9.36. The number of benzene rings is 3. The lowest BCUT2D eigenvalue weighted by Gasteiger charge is -2.38. The van der Waals surface area contributed by atoms with Crippen LogP contribution in [0.15, 0.2) is 72.8 Å². The fourth-order valence-corrected chi connectivity index (χ4v) is 5.89. The van der Waals surface area contributed by atoms with Crippen LogP contribution in [-0.4, -0.2) is 62.5 Å². The van der Waals surface area contributed by atoms with E-state index >= 15 is 0 Å². The van der Waals surface area contributed by atoms with E-state index in [9.17, 15) is 13.2 Å². The van der Waals surface area contributed by atoms with E-state index < -0.39 is 11.7 Å². The van der Waals surface area contributed by atoms with Gasteiger partial charge in [0.25, 0.3) is 0 Å². The molecule has 37 heavy (non-hydrogen) atoms. The van der Waals surface area contributed by atoms with Crippen LogP contribution in [0, 0.1) is 0 Å². The van der Waals surface area contributed by atoms with E-state index in [1.54, 1.807) is 12.1 Å². The minimum absolute atomic E-state index is 0.618. The molecule has 2 aliphatic rings. The van der Waals surface area contributed by atoms with Crippen LogP contribution in [0.1, 0.15) is 11.1 Å². The Balaban J connectivity index is 1.34. The zero-order chi connectivity index (χ0) is 25.7. The number of morpholine rings is 1. The predicted molar refractivity (Wildman–Crippen MR) is 146 cm³/mol. The first kappa shape index (κ1) is 25.9. The number of anilines is 2. The minimum atomic E-state index is -4.34. The molecule has 0 aliphatic carbocycles. The maximum Gasteiger partial charge on any atom is 0.416 e. The molecule has 3 aromatic rings. The summed E-state index contributed by atoms with van der Waals surface area (Å²) in [5, 5.41) is 0. The van der Waals surface area contributed by atoms with Gasteiger partial charge in [-0.15, -0.1) is 0 Å². The first-order valence-electron chi connectivity index (χ1n) is 12.8. The van der Waals surface area contributed by atoms with Gasteiger partial charge in [-0.25, -0.2) is 4.31 Å². The number of piperazine rings is 1. The van der Waals surface area contributed by atoms with Crippen LogP contribution in [0.5, 0.6) is 0 Å². The number of nitrogens with zero attached hydrogens (tertiary/aromatic N) is 3. The van der Waals surface area contributed by atoms with Gasteiger partial charge in [-0.3, -0.25) is 0 Å². The van der Waals surface area contributed by atoms with E-state index in [4.69, 9.17) is 4.74 Å². The van der Waals surface area contributed by atoms with Crippen molar-refractivity contribution in [2.24, 2.45) is 0 Å². The molecule has 196 valence electrons. The quantitative estimate of drug-likeness (QED) is 0.339. The van der Waals surface area contributed by atoms with Crippen LogP contribution in [0.2, 0.25) is 0 Å². The van der Waals surface area contributed by atoms with Gasteiger partial charge in [0.1, 0.15) is 0 Å². The summed E-state index contributed by atoms with van der Waals surface area (Å²) >= 11 is 1.84. The maximum atomic E-state index is 13.2. The Hall–Kier alpha value is -2.68. The van der Waals surface area contributed by atoms with Crippen molar-refractivity contribution in [2.45, 2.75) is 12.6 Å². The zero-order valence-corrected chi connectivity index (χ0v) is 21.6. The molecule has 2 heterocycles. The van der Waals surface area contributed by atoms with Gasteiger partial charge in [0.2, 0.25) is 0 Å². The van der Waals surface area contributed by atoms with Crippen molar-refractivity contribution in [1.82, 2.24) is 4.31 Å². The number of hydrogen-bond acceptors (Lipinski definition) is 5. The van der Waals surface area contributed by atoms with Gasteiger partial charge >= 0.3 is 6.18 Å². The monoisotopic (exact) mass is 527 g/mol. The molecule has 0 radical (unpaired) electrons. The minimum Gasteiger partial charge on any atom is -0.379 e. The molecule has 0 saturated carbocycles. The zero-order valence-electron chi connectivity index (χ0n) is 20.8. The number of rotatable bonds is 7. The van der Waals surface area contributed by atoms with Crippen LogP contribution < -0.4 is 9.80 Å². The Morgan fingerprint density at radius 3 is 2.11 bits per heavy atom. The van der Waals surface area contributed by atoms with Crippen molar-refractivity contribution >= 4 is 23.3 Å². The summed E-state index contributed by atoms with van der Waals surface area (Å²) in [6.07, 6.45) is -3.44. The molecular weight excluding hydrogens is 495 g/mol. The Kier molecular flexibility index (Phi) is 8.27. The Morgan fingerprint density at radius 2 is 1.43 bits per heavy atom. The lowest BCUT2D eigenvalue weighted by Crippen LogP contribution is -2.46. The van der Waals surface area contributed by atoms with E-state index in [0.717, 1.165) is 81.5 Å². The molecule has 5 rings (SSSR count). The SMILES string of the molecule is FC(F)(F)c1ccc(-c2cc(CCSN3CCOCC3)ccc2N2CCN(c3ccccc3)CC2)cc1. The lowest BCUT2D eigenvalue weighted by molar-refractivity contribution is -0.137. The smallest absolute Gasteiger partial charge is 0.379 e. The number of halogens is 3. The van der Waals surface area contributed by atoms with Crippen molar-refractivity contribution in [2.75, 3.05) is 68.0 Å². The third kappa shape index (κ3) is 6.61. The van der Waals surface area contributed by atoms with Gasteiger partial charge < -0.3 is 14.5 Å². The second-order valence-corrected chi connectivity index (χ2v) is 10.5. The normalized spacial score (nSPS) is 17.3. The second kappa shape index (κ2) is 11.8. The fraction of sp³-hybridized carbons (Fsp3) is 0.379. The molecule has 0 N–H and O–H groups in total. The molecule has 0 spiro atoms. The van der Waals surface area contributed by atoms with Gasteiger partial charge in [-0.1, -0.05) is 48.3 Å². The topological polar surface area (TPSA) is 19.0 Å². The van der Waals surface area contributed by atoms with E-state index in [-0.39, 0.29) is 0 Å². The van der Waals surface area contributed by atoms with E-state index in [0.29, 0.717) is 0 Å². The summed E-state index contributed by atoms with van der Waals surface area (Å²) < 4.78 is 47.4. The highest BCUT2D eigenvalue weighted by atomic mass is 32.2. The van der Waals surface area contributed by atoms with E-state index in [2.05, 4.69) is 56.6 Å². The average Bonchev–Trinajstić information content (AvgIpc) is 2.94. The van der Waals surface area contributed by atoms with Crippen molar-refractivity contribution in [3.63, 3.8) is 0 Å². The number of aryl methyl sites for hydroxylation is 1. The highest BCUT2D eigenvalue weighted by Crippen LogP contribution is 2.36. The fourth-order valence-electron chi connectivity index (χ4n) is 4.90. The standard InChI is InChI=1S/C29H32F3N3OS/c30-29(31,32)25-9-7-24(8-10-25)27-22-23(12-21-37-35-17-19-36-20-18-35)6-11-28(27)34-15-13-33(14-16-34)26-4-2-1-3-5-26/h1-11,22H,12-21H2. The molecule has 2 aliphatic heterocycles. The molecule has 3 aromatic carbocycles. The van der Waals surface area contributed by atoms with Gasteiger partial charge in [-0.2, -0.15) is 13.2 Å². The number of hydrogen-bond donors (Lipinski definition) is 0. The van der Waals surface area contributed by atoms with Crippen LogP contribution in [0.4, 0.5) is 24.5 Å². The Labute approximate surface area is 221 Å². The first-order chi connectivity index (χ1) is 18.0. The first-order valence-corrected chi connectivity index (χ1v) is 13.7. The van der Waals surface area contributed by atoms with Crippen LogP contribution in [0.25, 0.3) is 11.1 Å². The highest BCUT2D eigenvalue weighted by Gasteiger charge is 2.30. The molecule has 2 fully saturated rings. The third-order valence-electron chi connectivity index (χ3n) is 6.96. The summed E-state index contributed by atoms with van der Waals surface area (Å²) in [5.74, 6) is 0.960. The third-order valence-corrected chi connectivity index (χ3v) is 8.08. The lowest BCUT2D eigenvalue weighted by atomic mass is 9.97. The Bertz CT molecular complexity index is 1140. The Morgan fingerprint density at radius 1 is 0.757 bits per heavy atom. The molecule has 0 unspecified atom stereocenters. The largest absolute Gasteiger partial charge is 0.416 e. The molecule has 2 saturated heterocycles. The summed E-state index contributed by atoms with van der Waals surface area (Å²) in [5.41, 5.74) is 4.69. The van der Waals surface area contributed by atoms with Gasteiger partial charge in [0, 0.05) is 62.0 Å². The summed E-state index contributed by atoms with van der Waals surface area (Å²) in [6, 6.07) is 22.5. The van der Waals surface area contributed by atoms with Crippen molar-refractivity contribution < 1.29 is 17.9 Å². The molecule has 0 aromatic heterocycles. The number of para-hydroxylation sites is 1. The van der Waals surface area contributed by atoms with Gasteiger partial charge in [0.05, 0.1) is 18.8 Å². The summed E-state index contributed by atoms with van der Waals surface area (Å²) in [6.45, 7) is 6.94. The highest BCUT2D eigenvalue weighted by molar-refractivity contribution is 7.97. The average molecular weight is 528 g/mol. The van der Waals surface area contributed by atoms with E-state index in [1.165, 1.54) is 23.4 Å². The van der Waals surface area contributed by atoms with Crippen molar-refractivity contribution in [3.05, 3.63) is 83.9 Å². The van der Waals surface area contributed by atoms with Gasteiger partial charge in [0.15, 0.2) is 0 Å². The molecule has 0 bridgehead atoms.